The number of likely N-dealkylation sites (N-methyl/N-ethyl adjacent to an activating group) is 1. The fraction of sp³-hybridized carbons (Fsp3) is 0.400. The number of carbonyl (C=O) groups is 3. The van der Waals surface area contributed by atoms with Gasteiger partial charge in [-0.05, 0) is 25.5 Å². The van der Waals surface area contributed by atoms with Crippen LogP contribution in [0.15, 0.2) is 18.2 Å². The zero-order valence-corrected chi connectivity index (χ0v) is 12.4. The first-order chi connectivity index (χ1) is 9.96. The number of amides is 2. The molecule has 1 aromatic rings. The van der Waals surface area contributed by atoms with Crippen LogP contribution in [0.2, 0.25) is 0 Å². The van der Waals surface area contributed by atoms with E-state index in [1.807, 2.05) is 13.0 Å². The van der Waals surface area contributed by atoms with Crippen molar-refractivity contribution in [3.05, 3.63) is 34.9 Å². The number of nitrogens with zero attached hydrogens (tertiary/aromatic N) is 1. The van der Waals surface area contributed by atoms with Gasteiger partial charge in [-0.25, -0.2) is 0 Å². The summed E-state index contributed by atoms with van der Waals surface area (Å²) in [5.41, 5.74) is 2.16. The smallest absolute Gasteiger partial charge is 0.256 e. The second-order valence-electron chi connectivity index (χ2n) is 4.77. The molecule has 21 heavy (non-hydrogen) atoms. The lowest BCUT2D eigenvalue weighted by Crippen LogP contribution is -2.49. The Morgan fingerprint density at radius 3 is 2.52 bits per heavy atom. The van der Waals surface area contributed by atoms with Crippen molar-refractivity contribution >= 4 is 18.1 Å². The normalized spacial score (nSPS) is 11.6. The van der Waals surface area contributed by atoms with Gasteiger partial charge in [0.25, 0.3) is 5.91 Å². The first-order valence-corrected chi connectivity index (χ1v) is 6.60. The Hall–Kier alpha value is -2.21. The third kappa shape index (κ3) is 3.88. The molecule has 1 rings (SSSR count). The number of carbonyl (C=O) groups excluding carboxylic acids is 3. The number of rotatable bonds is 6. The van der Waals surface area contributed by atoms with Crippen LogP contribution in [0, 0.1) is 13.8 Å². The monoisotopic (exact) mass is 292 g/mol. The lowest BCUT2D eigenvalue weighted by molar-refractivity contribution is -0.128. The molecular formula is C15H20N2O4. The summed E-state index contributed by atoms with van der Waals surface area (Å²) in [6, 6.07) is 4.25. The summed E-state index contributed by atoms with van der Waals surface area (Å²) in [6.45, 7) is 3.05. The van der Waals surface area contributed by atoms with Gasteiger partial charge in [0.05, 0.1) is 0 Å². The molecule has 0 aliphatic heterocycles. The van der Waals surface area contributed by atoms with Crippen molar-refractivity contribution in [2.45, 2.75) is 26.3 Å². The van der Waals surface area contributed by atoms with Gasteiger partial charge in [0.1, 0.15) is 19.1 Å². The zero-order chi connectivity index (χ0) is 16.0. The molecule has 0 spiro atoms. The maximum atomic E-state index is 12.5. The number of hydrogen-bond donors (Lipinski definition) is 2. The van der Waals surface area contributed by atoms with Gasteiger partial charge in [0.2, 0.25) is 5.91 Å². The van der Waals surface area contributed by atoms with E-state index in [0.29, 0.717) is 11.8 Å². The Bertz CT molecular complexity index is 542. The van der Waals surface area contributed by atoms with E-state index >= 15 is 0 Å². The summed E-state index contributed by atoms with van der Waals surface area (Å²) in [7, 11) is 1.41. The molecule has 1 unspecified atom stereocenters. The Kier molecular flexibility index (Phi) is 6.05. The van der Waals surface area contributed by atoms with E-state index in [1.54, 1.807) is 19.1 Å². The minimum Gasteiger partial charge on any atom is -0.376 e. The molecule has 0 aliphatic rings. The molecule has 0 radical (unpaired) electrons. The van der Waals surface area contributed by atoms with Gasteiger partial charge in [-0.3, -0.25) is 9.59 Å². The van der Waals surface area contributed by atoms with Gasteiger partial charge in [0, 0.05) is 19.0 Å². The molecule has 0 fully saturated rings. The average Bonchev–Trinajstić information content (AvgIpc) is 2.46. The van der Waals surface area contributed by atoms with E-state index in [-0.39, 0.29) is 6.42 Å². The third-order valence-corrected chi connectivity index (χ3v) is 3.27. The number of nitrogens with one attached hydrogen (secondary N) is 1. The highest BCUT2D eigenvalue weighted by molar-refractivity contribution is 5.99. The minimum absolute atomic E-state index is 0.170. The molecule has 2 N–H and O–H groups in total. The van der Waals surface area contributed by atoms with E-state index < -0.39 is 24.6 Å². The minimum atomic E-state index is -1.02. The first-order valence-electron chi connectivity index (χ1n) is 6.60. The van der Waals surface area contributed by atoms with Crippen LogP contribution in [0.4, 0.5) is 0 Å². The molecule has 0 saturated carbocycles. The van der Waals surface area contributed by atoms with Gasteiger partial charge >= 0.3 is 0 Å². The molecule has 1 atom stereocenters. The molecule has 0 heterocycles. The second-order valence-corrected chi connectivity index (χ2v) is 4.77. The lowest BCUT2D eigenvalue weighted by Gasteiger charge is -2.28. The molecular weight excluding hydrogens is 272 g/mol. The second kappa shape index (κ2) is 7.54. The maximum absolute atomic E-state index is 12.5. The van der Waals surface area contributed by atoms with Gasteiger partial charge in [0.15, 0.2) is 0 Å². The molecule has 2 amide bonds. The third-order valence-electron chi connectivity index (χ3n) is 3.27. The van der Waals surface area contributed by atoms with Crippen LogP contribution >= 0.6 is 0 Å². The van der Waals surface area contributed by atoms with Crippen molar-refractivity contribution in [2.75, 3.05) is 13.8 Å². The summed E-state index contributed by atoms with van der Waals surface area (Å²) >= 11 is 0. The van der Waals surface area contributed by atoms with Crippen molar-refractivity contribution in [3.8, 4) is 0 Å². The van der Waals surface area contributed by atoms with Crippen molar-refractivity contribution < 1.29 is 19.5 Å². The van der Waals surface area contributed by atoms with Crippen LogP contribution in [-0.2, 0) is 9.59 Å². The van der Waals surface area contributed by atoms with Gasteiger partial charge in [-0.15, -0.1) is 0 Å². The highest BCUT2D eigenvalue weighted by Crippen LogP contribution is 2.15. The van der Waals surface area contributed by atoms with E-state index in [4.69, 9.17) is 0 Å². The predicted molar refractivity (Wildman–Crippen MR) is 77.7 cm³/mol. The van der Waals surface area contributed by atoms with Crippen LogP contribution in [0.3, 0.4) is 0 Å². The molecule has 6 nitrogen and oxygen atoms in total. The summed E-state index contributed by atoms with van der Waals surface area (Å²) < 4.78 is 0. The van der Waals surface area contributed by atoms with Gasteiger partial charge in [-0.1, -0.05) is 17.7 Å². The van der Waals surface area contributed by atoms with E-state index in [0.717, 1.165) is 16.0 Å². The fourth-order valence-corrected chi connectivity index (χ4v) is 2.15. The Balaban J connectivity index is 3.14. The summed E-state index contributed by atoms with van der Waals surface area (Å²) in [6.07, 6.45) is 0.384. The Morgan fingerprint density at radius 2 is 2.05 bits per heavy atom. The molecule has 114 valence electrons. The number of aryl methyl sites for hydroxylation is 2. The highest BCUT2D eigenvalue weighted by Gasteiger charge is 2.29. The van der Waals surface area contributed by atoms with Crippen LogP contribution < -0.4 is 5.32 Å². The van der Waals surface area contributed by atoms with E-state index in [9.17, 15) is 19.5 Å². The average molecular weight is 292 g/mol. The van der Waals surface area contributed by atoms with Crippen LogP contribution in [0.25, 0.3) is 0 Å². The SMILES string of the molecule is CNC(=O)C(CC=O)N(CO)C(=O)c1ccc(C)cc1C. The Morgan fingerprint density at radius 1 is 1.38 bits per heavy atom. The highest BCUT2D eigenvalue weighted by atomic mass is 16.3. The van der Waals surface area contributed by atoms with Crippen molar-refractivity contribution in [1.29, 1.82) is 0 Å². The van der Waals surface area contributed by atoms with Crippen molar-refractivity contribution in [2.24, 2.45) is 0 Å². The Labute approximate surface area is 123 Å². The molecule has 0 saturated heterocycles. The van der Waals surface area contributed by atoms with Crippen LogP contribution in [-0.4, -0.2) is 47.9 Å². The summed E-state index contributed by atoms with van der Waals surface area (Å²) in [5, 5.41) is 11.8. The number of aldehydes is 1. The van der Waals surface area contributed by atoms with E-state index in [2.05, 4.69) is 5.32 Å². The fourth-order valence-electron chi connectivity index (χ4n) is 2.15. The van der Waals surface area contributed by atoms with E-state index in [1.165, 1.54) is 7.05 Å². The lowest BCUT2D eigenvalue weighted by atomic mass is 10.0. The number of hydrogen-bond acceptors (Lipinski definition) is 4. The predicted octanol–water partition coefficient (Wildman–Crippen LogP) is 0.399. The van der Waals surface area contributed by atoms with Crippen molar-refractivity contribution in [1.82, 2.24) is 10.2 Å². The number of aliphatic hydroxyl groups excluding tert-OH is 1. The summed E-state index contributed by atoms with van der Waals surface area (Å²) in [4.78, 5) is 36.0. The first kappa shape index (κ1) is 16.8. The van der Waals surface area contributed by atoms with Gasteiger partial charge < -0.3 is 20.1 Å². The number of benzene rings is 1. The zero-order valence-electron chi connectivity index (χ0n) is 12.4. The molecule has 0 aromatic heterocycles. The quantitative estimate of drug-likeness (QED) is 0.587. The number of aliphatic hydroxyl groups is 1. The standard InChI is InChI=1S/C15H20N2O4/c1-10-4-5-12(11(2)8-10)15(21)17(9-19)13(6-7-18)14(20)16-3/h4-5,7-8,13,19H,6,9H2,1-3H3,(H,16,20). The maximum Gasteiger partial charge on any atom is 0.256 e. The van der Waals surface area contributed by atoms with Gasteiger partial charge in [-0.2, -0.15) is 0 Å². The summed E-state index contributed by atoms with van der Waals surface area (Å²) in [5.74, 6) is -0.972. The largest absolute Gasteiger partial charge is 0.376 e. The van der Waals surface area contributed by atoms with Crippen molar-refractivity contribution in [3.63, 3.8) is 0 Å². The van der Waals surface area contributed by atoms with Crippen LogP contribution in [0.1, 0.15) is 27.9 Å². The molecule has 0 bridgehead atoms. The molecule has 0 aliphatic carbocycles. The molecule has 1 aromatic carbocycles. The van der Waals surface area contributed by atoms with Crippen LogP contribution in [0.5, 0.6) is 0 Å². The molecule has 6 heteroatoms. The topological polar surface area (TPSA) is 86.7 Å².